The number of rotatable bonds is 5. The van der Waals surface area contributed by atoms with Gasteiger partial charge in [0.15, 0.2) is 0 Å². The predicted octanol–water partition coefficient (Wildman–Crippen LogP) is 1.60. The number of carbonyl (C=O) groups excluding carboxylic acids is 1. The number of carbonyl (C=O) groups is 1. The summed E-state index contributed by atoms with van der Waals surface area (Å²) in [5.41, 5.74) is 0.0977. The highest BCUT2D eigenvalue weighted by atomic mass is 19.1. The molecule has 0 bridgehead atoms. The molecule has 17 heavy (non-hydrogen) atoms. The van der Waals surface area contributed by atoms with E-state index in [0.717, 1.165) is 0 Å². The van der Waals surface area contributed by atoms with Gasteiger partial charge in [-0.3, -0.25) is 4.79 Å². The van der Waals surface area contributed by atoms with Crippen LogP contribution in [0.5, 0.6) is 0 Å². The first-order valence-electron chi connectivity index (χ1n) is 5.60. The van der Waals surface area contributed by atoms with Crippen LogP contribution in [0.25, 0.3) is 0 Å². The zero-order valence-electron chi connectivity index (χ0n) is 10.2. The molecule has 3 nitrogen and oxygen atoms in total. The molecule has 1 rings (SSSR count). The molecule has 0 atom stereocenters. The van der Waals surface area contributed by atoms with Crippen LogP contribution in [-0.4, -0.2) is 24.2 Å². The van der Waals surface area contributed by atoms with Crippen molar-refractivity contribution < 1.29 is 14.3 Å². The Kier molecular flexibility index (Phi) is 4.63. The molecule has 0 saturated heterocycles. The van der Waals surface area contributed by atoms with Gasteiger partial charge in [-0.25, -0.2) is 4.39 Å². The summed E-state index contributed by atoms with van der Waals surface area (Å²) in [4.78, 5) is 11.2. The van der Waals surface area contributed by atoms with Gasteiger partial charge in [0, 0.05) is 18.4 Å². The molecule has 0 radical (unpaired) electrons. The van der Waals surface area contributed by atoms with Crippen LogP contribution < -0.4 is 5.32 Å². The molecule has 94 valence electrons. The van der Waals surface area contributed by atoms with Gasteiger partial charge in [-0.05, 0) is 11.6 Å². The number of benzene rings is 1. The Morgan fingerprint density at radius 2 is 2.06 bits per heavy atom. The van der Waals surface area contributed by atoms with Gasteiger partial charge in [-0.15, -0.1) is 0 Å². The van der Waals surface area contributed by atoms with E-state index in [1.807, 2.05) is 13.8 Å². The number of hydrogen-bond donors (Lipinski definition) is 2. The number of aliphatic hydroxyl groups is 1. The fourth-order valence-electron chi connectivity index (χ4n) is 1.61. The van der Waals surface area contributed by atoms with E-state index >= 15 is 0 Å². The molecule has 0 aliphatic heterocycles. The summed E-state index contributed by atoms with van der Waals surface area (Å²) < 4.78 is 13.6. The van der Waals surface area contributed by atoms with Crippen LogP contribution in [0.15, 0.2) is 24.3 Å². The third-order valence-corrected chi connectivity index (χ3v) is 2.67. The fraction of sp³-hybridized carbons (Fsp3) is 0.462. The Morgan fingerprint density at radius 1 is 1.41 bits per heavy atom. The van der Waals surface area contributed by atoms with Crippen molar-refractivity contribution >= 4 is 5.91 Å². The Morgan fingerprint density at radius 3 is 2.65 bits per heavy atom. The average molecular weight is 239 g/mol. The molecular weight excluding hydrogens is 221 g/mol. The molecule has 1 amide bonds. The zero-order chi connectivity index (χ0) is 12.9. The Hall–Kier alpha value is -1.42. The lowest BCUT2D eigenvalue weighted by Crippen LogP contribution is -2.37. The van der Waals surface area contributed by atoms with Crippen molar-refractivity contribution in [1.29, 1.82) is 0 Å². The Bertz CT molecular complexity index is 391. The van der Waals surface area contributed by atoms with Gasteiger partial charge < -0.3 is 10.4 Å². The van der Waals surface area contributed by atoms with Crippen LogP contribution in [0, 0.1) is 5.82 Å². The highest BCUT2D eigenvalue weighted by molar-refractivity contribution is 5.76. The van der Waals surface area contributed by atoms with Crippen molar-refractivity contribution in [2.24, 2.45) is 0 Å². The van der Waals surface area contributed by atoms with E-state index in [4.69, 9.17) is 5.11 Å². The molecule has 4 heteroatoms. The normalized spacial score (nSPS) is 11.3. The monoisotopic (exact) mass is 239 g/mol. The first kappa shape index (κ1) is 13.6. The quantitative estimate of drug-likeness (QED) is 0.820. The third kappa shape index (κ3) is 3.82. The first-order valence-corrected chi connectivity index (χ1v) is 5.60. The van der Waals surface area contributed by atoms with Crippen LogP contribution in [0.2, 0.25) is 0 Å². The second kappa shape index (κ2) is 5.77. The lowest BCUT2D eigenvalue weighted by Gasteiger charge is -2.26. The molecule has 0 spiro atoms. The first-order chi connectivity index (χ1) is 7.97. The summed E-state index contributed by atoms with van der Waals surface area (Å²) in [5, 5.41) is 11.3. The van der Waals surface area contributed by atoms with Gasteiger partial charge in [0.1, 0.15) is 5.82 Å². The van der Waals surface area contributed by atoms with Crippen LogP contribution >= 0.6 is 0 Å². The van der Waals surface area contributed by atoms with E-state index in [1.54, 1.807) is 18.2 Å². The van der Waals surface area contributed by atoms with E-state index < -0.39 is 5.41 Å². The largest absolute Gasteiger partial charge is 0.396 e. The second-order valence-electron chi connectivity index (χ2n) is 4.61. The van der Waals surface area contributed by atoms with E-state index in [9.17, 15) is 9.18 Å². The van der Waals surface area contributed by atoms with Crippen LogP contribution in [0.3, 0.4) is 0 Å². The topological polar surface area (TPSA) is 49.3 Å². The summed E-state index contributed by atoms with van der Waals surface area (Å²) in [5.74, 6) is -0.495. The van der Waals surface area contributed by atoms with E-state index in [-0.39, 0.29) is 24.8 Å². The molecule has 0 saturated carbocycles. The van der Waals surface area contributed by atoms with Crippen molar-refractivity contribution in [3.8, 4) is 0 Å². The molecule has 0 aliphatic carbocycles. The lowest BCUT2D eigenvalue weighted by atomic mass is 9.84. The predicted molar refractivity (Wildman–Crippen MR) is 64.1 cm³/mol. The number of aliphatic hydroxyl groups excluding tert-OH is 1. The lowest BCUT2D eigenvalue weighted by molar-refractivity contribution is -0.121. The third-order valence-electron chi connectivity index (χ3n) is 2.67. The van der Waals surface area contributed by atoms with Crippen molar-refractivity contribution in [3.05, 3.63) is 35.6 Å². The summed E-state index contributed by atoms with van der Waals surface area (Å²) in [6, 6.07) is 6.54. The summed E-state index contributed by atoms with van der Waals surface area (Å²) >= 11 is 0. The average Bonchev–Trinajstić information content (AvgIpc) is 2.27. The highest BCUT2D eigenvalue weighted by Gasteiger charge is 2.24. The number of nitrogens with one attached hydrogen (secondary N) is 1. The summed E-state index contributed by atoms with van der Waals surface area (Å²) in [7, 11) is 0. The summed E-state index contributed by atoms with van der Waals surface area (Å²) in [6.45, 7) is 3.90. The van der Waals surface area contributed by atoms with Gasteiger partial charge in [-0.1, -0.05) is 32.0 Å². The number of halogens is 1. The van der Waals surface area contributed by atoms with Gasteiger partial charge in [0.2, 0.25) is 5.91 Å². The molecule has 0 unspecified atom stereocenters. The zero-order valence-corrected chi connectivity index (χ0v) is 10.2. The highest BCUT2D eigenvalue weighted by Crippen LogP contribution is 2.24. The van der Waals surface area contributed by atoms with Crippen molar-refractivity contribution in [3.63, 3.8) is 0 Å². The van der Waals surface area contributed by atoms with E-state index in [1.165, 1.54) is 6.07 Å². The maximum atomic E-state index is 13.6. The summed E-state index contributed by atoms with van der Waals surface area (Å²) in [6.07, 6.45) is 0.0767. The van der Waals surface area contributed by atoms with Gasteiger partial charge >= 0.3 is 0 Å². The minimum atomic E-state index is -0.476. The van der Waals surface area contributed by atoms with E-state index in [2.05, 4.69) is 5.32 Å². The maximum absolute atomic E-state index is 13.6. The molecule has 1 aromatic rings. The number of amides is 1. The Labute approximate surface area is 101 Å². The van der Waals surface area contributed by atoms with Crippen LogP contribution in [-0.2, 0) is 10.2 Å². The second-order valence-corrected chi connectivity index (χ2v) is 4.61. The minimum absolute atomic E-state index is 0.0767. The molecule has 0 aromatic heterocycles. The van der Waals surface area contributed by atoms with Crippen LogP contribution in [0.1, 0.15) is 25.8 Å². The Balaban J connectivity index is 2.69. The molecular formula is C13H18FNO2. The molecule has 1 aromatic carbocycles. The van der Waals surface area contributed by atoms with Crippen molar-refractivity contribution in [2.75, 3.05) is 13.2 Å². The van der Waals surface area contributed by atoms with Crippen molar-refractivity contribution in [1.82, 2.24) is 5.32 Å². The SMILES string of the molecule is CC(C)(CNC(=O)CCO)c1ccccc1F. The molecule has 0 heterocycles. The molecule has 2 N–H and O–H groups in total. The van der Waals surface area contributed by atoms with E-state index in [0.29, 0.717) is 12.1 Å². The molecule has 0 aliphatic rings. The maximum Gasteiger partial charge on any atom is 0.222 e. The fourth-order valence-corrected chi connectivity index (χ4v) is 1.61. The minimum Gasteiger partial charge on any atom is -0.396 e. The van der Waals surface area contributed by atoms with Gasteiger partial charge in [0.25, 0.3) is 0 Å². The standard InChI is InChI=1S/C13H18FNO2/c1-13(2,9-15-12(17)7-8-16)10-5-3-4-6-11(10)14/h3-6,16H,7-9H2,1-2H3,(H,15,17). The number of hydrogen-bond acceptors (Lipinski definition) is 2. The smallest absolute Gasteiger partial charge is 0.222 e. The van der Waals surface area contributed by atoms with Crippen molar-refractivity contribution in [2.45, 2.75) is 25.7 Å². The molecule has 0 fully saturated rings. The van der Waals surface area contributed by atoms with Crippen LogP contribution in [0.4, 0.5) is 4.39 Å². The van der Waals surface area contributed by atoms with Gasteiger partial charge in [0.05, 0.1) is 6.61 Å². The van der Waals surface area contributed by atoms with Gasteiger partial charge in [-0.2, -0.15) is 0 Å².